The molecule has 3 heterocycles. The third-order valence-electron chi connectivity index (χ3n) is 6.23. The summed E-state index contributed by atoms with van der Waals surface area (Å²) in [6, 6.07) is 22.8. The van der Waals surface area contributed by atoms with Gasteiger partial charge < -0.3 is 10.3 Å². The molecule has 35 heavy (non-hydrogen) atoms. The van der Waals surface area contributed by atoms with E-state index in [1.807, 2.05) is 48.0 Å². The first kappa shape index (κ1) is 22.1. The second kappa shape index (κ2) is 9.71. The highest BCUT2D eigenvalue weighted by molar-refractivity contribution is 7.99. The lowest BCUT2D eigenvalue weighted by Gasteiger charge is -2.18. The number of nitrogens with zero attached hydrogens (tertiary/aromatic N) is 3. The molecule has 0 radical (unpaired) electrons. The Kier molecular flexibility index (Phi) is 6.14. The molecule has 1 amide bonds. The van der Waals surface area contributed by atoms with Gasteiger partial charge in [0, 0.05) is 45.8 Å². The molecular weight excluding hydrogens is 474 g/mol. The Balaban J connectivity index is 1.15. The fourth-order valence-corrected chi connectivity index (χ4v) is 6.11. The summed E-state index contributed by atoms with van der Waals surface area (Å²) >= 11 is 3.27. The van der Waals surface area contributed by atoms with E-state index in [1.54, 1.807) is 23.1 Å². The smallest absolute Gasteiger partial charge is 0.221 e. The van der Waals surface area contributed by atoms with E-state index in [4.69, 9.17) is 0 Å². The first-order valence-corrected chi connectivity index (χ1v) is 13.7. The Morgan fingerprint density at radius 1 is 1.09 bits per heavy atom. The number of H-pyrrole nitrogens is 1. The highest BCUT2D eigenvalue weighted by Crippen LogP contribution is 2.42. The van der Waals surface area contributed by atoms with E-state index in [0.29, 0.717) is 18.2 Å². The highest BCUT2D eigenvalue weighted by Gasteiger charge is 2.31. The number of para-hydroxylation sites is 1. The Morgan fingerprint density at radius 3 is 2.71 bits per heavy atom. The molecule has 8 heteroatoms. The zero-order chi connectivity index (χ0) is 23.6. The lowest BCUT2D eigenvalue weighted by atomic mass is 10.1. The van der Waals surface area contributed by atoms with Crippen LogP contribution in [-0.4, -0.2) is 31.4 Å². The molecule has 1 aliphatic rings. The van der Waals surface area contributed by atoms with Crippen LogP contribution in [0.15, 0.2) is 83.5 Å². The maximum Gasteiger partial charge on any atom is 0.221 e. The van der Waals surface area contributed by atoms with E-state index in [1.165, 1.54) is 0 Å². The van der Waals surface area contributed by atoms with Gasteiger partial charge in [-0.3, -0.25) is 9.36 Å². The van der Waals surface area contributed by atoms with Gasteiger partial charge in [0.25, 0.3) is 0 Å². The highest BCUT2D eigenvalue weighted by atomic mass is 32.2. The van der Waals surface area contributed by atoms with Crippen molar-refractivity contribution in [3.05, 3.63) is 88.7 Å². The number of aromatic nitrogens is 4. The van der Waals surface area contributed by atoms with Gasteiger partial charge in [-0.05, 0) is 35.9 Å². The van der Waals surface area contributed by atoms with Crippen LogP contribution in [0.1, 0.15) is 41.8 Å². The second-order valence-corrected chi connectivity index (χ2v) is 10.7. The van der Waals surface area contributed by atoms with Crippen molar-refractivity contribution in [2.45, 2.75) is 36.5 Å². The summed E-state index contributed by atoms with van der Waals surface area (Å²) in [6.07, 6.45) is 4.71. The summed E-state index contributed by atoms with van der Waals surface area (Å²) < 4.78 is 2.26. The maximum atomic E-state index is 12.9. The number of carbonyl (C=O) groups is 1. The lowest BCUT2D eigenvalue weighted by molar-refractivity contribution is -0.121. The minimum Gasteiger partial charge on any atom is -0.360 e. The fourth-order valence-electron chi connectivity index (χ4n) is 4.37. The predicted molar refractivity (Wildman–Crippen MR) is 142 cm³/mol. The van der Waals surface area contributed by atoms with E-state index >= 15 is 0 Å². The van der Waals surface area contributed by atoms with Gasteiger partial charge in [-0.1, -0.05) is 66.4 Å². The molecule has 0 spiro atoms. The second-order valence-electron chi connectivity index (χ2n) is 8.68. The molecule has 0 saturated heterocycles. The van der Waals surface area contributed by atoms with Crippen molar-refractivity contribution in [1.29, 1.82) is 0 Å². The number of rotatable bonds is 9. The molecule has 1 unspecified atom stereocenters. The van der Waals surface area contributed by atoms with E-state index in [0.717, 1.165) is 50.7 Å². The maximum absolute atomic E-state index is 12.9. The van der Waals surface area contributed by atoms with E-state index in [9.17, 15) is 4.79 Å². The van der Waals surface area contributed by atoms with Gasteiger partial charge in [-0.15, -0.1) is 21.5 Å². The van der Waals surface area contributed by atoms with Crippen LogP contribution < -0.4 is 5.32 Å². The molecule has 2 N–H and O–H groups in total. The average molecular weight is 500 g/mol. The molecule has 1 fully saturated rings. The van der Waals surface area contributed by atoms with Gasteiger partial charge >= 0.3 is 0 Å². The quantitative estimate of drug-likeness (QED) is 0.236. The number of thioether (sulfide) groups is 1. The molecule has 0 bridgehead atoms. The first-order chi connectivity index (χ1) is 17.3. The Bertz CT molecular complexity index is 1440. The topological polar surface area (TPSA) is 75.6 Å². The van der Waals surface area contributed by atoms with Crippen molar-refractivity contribution in [2.24, 2.45) is 0 Å². The van der Waals surface area contributed by atoms with Crippen LogP contribution in [-0.2, 0) is 4.79 Å². The third-order valence-corrected chi connectivity index (χ3v) is 8.11. The molecule has 1 aliphatic carbocycles. The van der Waals surface area contributed by atoms with Crippen LogP contribution in [0.5, 0.6) is 0 Å². The van der Waals surface area contributed by atoms with E-state index < -0.39 is 0 Å². The Hall–Kier alpha value is -3.36. The van der Waals surface area contributed by atoms with Gasteiger partial charge in [0.15, 0.2) is 11.0 Å². The number of benzene rings is 2. The number of thiophene rings is 1. The number of hydrogen-bond acceptors (Lipinski definition) is 5. The van der Waals surface area contributed by atoms with Crippen LogP contribution in [0.2, 0.25) is 0 Å². The zero-order valence-corrected chi connectivity index (χ0v) is 20.7. The molecule has 0 aliphatic heterocycles. The van der Waals surface area contributed by atoms with Crippen molar-refractivity contribution in [3.8, 4) is 11.4 Å². The lowest BCUT2D eigenvalue weighted by Crippen LogP contribution is -2.29. The predicted octanol–water partition coefficient (Wildman–Crippen LogP) is 6.21. The van der Waals surface area contributed by atoms with Crippen molar-refractivity contribution in [3.63, 3.8) is 0 Å². The van der Waals surface area contributed by atoms with Gasteiger partial charge in [0.2, 0.25) is 5.91 Å². The monoisotopic (exact) mass is 499 g/mol. The standard InChI is InChI=1S/C27H25N5OS2/c33-24(29-25(23-11-6-15-34-23)18-7-2-1-3-8-18)14-16-35-27-31-30-26(32(27)19-12-13-19)21-17-28-22-10-5-4-9-20(21)22/h1-11,15,17,19,25,28H,12-14,16H2,(H,29,33). The summed E-state index contributed by atoms with van der Waals surface area (Å²) in [4.78, 5) is 17.4. The molecule has 1 atom stereocenters. The van der Waals surface area contributed by atoms with Gasteiger partial charge in [-0.2, -0.15) is 0 Å². The van der Waals surface area contributed by atoms with E-state index in [-0.39, 0.29) is 11.9 Å². The van der Waals surface area contributed by atoms with Crippen molar-refractivity contribution < 1.29 is 4.79 Å². The zero-order valence-electron chi connectivity index (χ0n) is 19.1. The van der Waals surface area contributed by atoms with Crippen molar-refractivity contribution in [1.82, 2.24) is 25.1 Å². The largest absolute Gasteiger partial charge is 0.360 e. The summed E-state index contributed by atoms with van der Waals surface area (Å²) in [5, 5.41) is 16.4. The summed E-state index contributed by atoms with van der Waals surface area (Å²) in [5.74, 6) is 1.59. The average Bonchev–Trinajstić information content (AvgIpc) is 3.25. The molecule has 6 rings (SSSR count). The molecule has 3 aromatic heterocycles. The van der Waals surface area contributed by atoms with Crippen molar-refractivity contribution in [2.75, 3.05) is 5.75 Å². The minimum atomic E-state index is -0.128. The minimum absolute atomic E-state index is 0.0362. The summed E-state index contributed by atoms with van der Waals surface area (Å²) in [5.41, 5.74) is 3.26. The first-order valence-electron chi connectivity index (χ1n) is 11.8. The molecule has 5 aromatic rings. The van der Waals surface area contributed by atoms with Gasteiger partial charge in [-0.25, -0.2) is 0 Å². The van der Waals surface area contributed by atoms with Crippen LogP contribution in [0.4, 0.5) is 0 Å². The van der Waals surface area contributed by atoms with Crippen LogP contribution in [0, 0.1) is 0 Å². The molecular formula is C27H25N5OS2. The van der Waals surface area contributed by atoms with Gasteiger partial charge in [0.1, 0.15) is 0 Å². The molecule has 1 saturated carbocycles. The number of carbonyl (C=O) groups excluding carboxylic acids is 1. The van der Waals surface area contributed by atoms with Gasteiger partial charge in [0.05, 0.1) is 6.04 Å². The number of amides is 1. The Labute approximate surface area is 211 Å². The summed E-state index contributed by atoms with van der Waals surface area (Å²) in [6.45, 7) is 0. The van der Waals surface area contributed by atoms with Crippen LogP contribution >= 0.6 is 23.1 Å². The number of hydrogen-bond donors (Lipinski definition) is 2. The number of fused-ring (bicyclic) bond motifs is 1. The number of aromatic amines is 1. The van der Waals surface area contributed by atoms with Crippen LogP contribution in [0.25, 0.3) is 22.3 Å². The Morgan fingerprint density at radius 2 is 1.91 bits per heavy atom. The van der Waals surface area contributed by atoms with Crippen LogP contribution in [0.3, 0.4) is 0 Å². The molecule has 2 aromatic carbocycles. The molecule has 6 nitrogen and oxygen atoms in total. The van der Waals surface area contributed by atoms with Crippen molar-refractivity contribution >= 4 is 39.9 Å². The third kappa shape index (κ3) is 4.63. The fraction of sp³-hybridized carbons (Fsp3) is 0.222. The number of nitrogens with one attached hydrogen (secondary N) is 2. The summed E-state index contributed by atoms with van der Waals surface area (Å²) in [7, 11) is 0. The SMILES string of the molecule is O=C(CCSc1nnc(-c2c[nH]c3ccccc23)n1C1CC1)NC(c1ccccc1)c1cccs1. The van der Waals surface area contributed by atoms with E-state index in [2.05, 4.69) is 55.4 Å². The normalized spacial score (nSPS) is 14.3. The molecule has 176 valence electrons.